The molecule has 2 aromatic rings. The fourth-order valence-electron chi connectivity index (χ4n) is 3.39. The van der Waals surface area contributed by atoms with E-state index < -0.39 is 5.82 Å². The summed E-state index contributed by atoms with van der Waals surface area (Å²) in [4.78, 5) is 18.7. The van der Waals surface area contributed by atoms with Crippen LogP contribution in [0.15, 0.2) is 48.8 Å². The monoisotopic (exact) mass is 341 g/mol. The number of hydrogen-bond acceptors (Lipinski definition) is 3. The minimum Gasteiger partial charge on any atom is -0.324 e. The Morgan fingerprint density at radius 1 is 1.28 bits per heavy atom. The number of hydrogen-bond donors (Lipinski definition) is 1. The lowest BCUT2D eigenvalue weighted by Gasteiger charge is -2.32. The quantitative estimate of drug-likeness (QED) is 0.868. The summed E-state index contributed by atoms with van der Waals surface area (Å²) in [5, 5.41) is 2.67. The molecular formula is C20H24FN3O. The zero-order chi connectivity index (χ0) is 17.5. The summed E-state index contributed by atoms with van der Waals surface area (Å²) in [6.45, 7) is 3.00. The number of nitrogens with zero attached hydrogens (tertiary/aromatic N) is 2. The van der Waals surface area contributed by atoms with Gasteiger partial charge >= 0.3 is 0 Å². The molecule has 4 nitrogen and oxygen atoms in total. The third-order valence-corrected chi connectivity index (χ3v) is 4.66. The summed E-state index contributed by atoms with van der Waals surface area (Å²) in [6.07, 6.45) is 7.27. The van der Waals surface area contributed by atoms with Gasteiger partial charge in [-0.3, -0.25) is 14.7 Å². The van der Waals surface area contributed by atoms with E-state index in [9.17, 15) is 9.18 Å². The van der Waals surface area contributed by atoms with Crippen LogP contribution in [0.25, 0.3) is 0 Å². The van der Waals surface area contributed by atoms with E-state index in [0.29, 0.717) is 12.3 Å². The number of para-hydroxylation sites is 1. The van der Waals surface area contributed by atoms with Crippen molar-refractivity contribution in [1.82, 2.24) is 9.88 Å². The van der Waals surface area contributed by atoms with E-state index in [1.807, 2.05) is 12.3 Å². The van der Waals surface area contributed by atoms with E-state index in [2.05, 4.69) is 21.3 Å². The molecule has 1 N–H and O–H groups in total. The van der Waals surface area contributed by atoms with Gasteiger partial charge < -0.3 is 5.32 Å². The number of pyridine rings is 1. The molecule has 1 fully saturated rings. The summed E-state index contributed by atoms with van der Waals surface area (Å²) in [5.41, 5.74) is 1.48. The van der Waals surface area contributed by atoms with Crippen LogP contribution in [0.2, 0.25) is 0 Å². The first-order chi connectivity index (χ1) is 12.2. The molecule has 0 saturated carbocycles. The number of anilines is 1. The molecule has 0 radical (unpaired) electrons. The number of rotatable bonds is 6. The van der Waals surface area contributed by atoms with Crippen molar-refractivity contribution in [1.29, 1.82) is 0 Å². The third kappa shape index (κ3) is 5.36. The van der Waals surface area contributed by atoms with Crippen molar-refractivity contribution in [2.75, 3.05) is 18.4 Å². The Hall–Kier alpha value is -2.27. The van der Waals surface area contributed by atoms with Gasteiger partial charge in [0.15, 0.2) is 0 Å². The Balaban J connectivity index is 1.45. The third-order valence-electron chi connectivity index (χ3n) is 4.66. The molecule has 1 saturated heterocycles. The van der Waals surface area contributed by atoms with Crippen LogP contribution in [-0.4, -0.2) is 28.9 Å². The second-order valence-corrected chi connectivity index (χ2v) is 6.67. The van der Waals surface area contributed by atoms with Gasteiger partial charge in [-0.25, -0.2) is 4.39 Å². The maximum Gasteiger partial charge on any atom is 0.224 e. The molecule has 0 bridgehead atoms. The van der Waals surface area contributed by atoms with E-state index in [0.717, 1.165) is 38.9 Å². The summed E-state index contributed by atoms with van der Waals surface area (Å²) < 4.78 is 13.6. The Labute approximate surface area is 148 Å². The average Bonchev–Trinajstić information content (AvgIpc) is 2.63. The molecule has 1 aromatic carbocycles. The lowest BCUT2D eigenvalue weighted by atomic mass is 9.93. The van der Waals surface area contributed by atoms with E-state index in [1.54, 1.807) is 24.4 Å². The summed E-state index contributed by atoms with van der Waals surface area (Å²) >= 11 is 0. The van der Waals surface area contributed by atoms with Crippen molar-refractivity contribution in [3.05, 3.63) is 60.2 Å². The van der Waals surface area contributed by atoms with Crippen molar-refractivity contribution >= 4 is 11.6 Å². The maximum atomic E-state index is 13.6. The molecule has 1 aliphatic heterocycles. The first kappa shape index (κ1) is 17.5. The van der Waals surface area contributed by atoms with Crippen LogP contribution in [-0.2, 0) is 11.3 Å². The number of aromatic nitrogens is 1. The van der Waals surface area contributed by atoms with Crippen LogP contribution in [0.3, 0.4) is 0 Å². The Bertz CT molecular complexity index is 692. The van der Waals surface area contributed by atoms with Gasteiger partial charge in [0.1, 0.15) is 5.82 Å². The van der Waals surface area contributed by atoms with Crippen LogP contribution in [0, 0.1) is 11.7 Å². The summed E-state index contributed by atoms with van der Waals surface area (Å²) in [6, 6.07) is 10.3. The van der Waals surface area contributed by atoms with Gasteiger partial charge in [-0.2, -0.15) is 0 Å². The van der Waals surface area contributed by atoms with Crippen LogP contribution in [0.1, 0.15) is 31.2 Å². The number of benzene rings is 1. The van der Waals surface area contributed by atoms with Gasteiger partial charge in [-0.05, 0) is 55.5 Å². The smallest absolute Gasteiger partial charge is 0.224 e. The van der Waals surface area contributed by atoms with Gasteiger partial charge in [-0.15, -0.1) is 0 Å². The first-order valence-corrected chi connectivity index (χ1v) is 8.86. The zero-order valence-corrected chi connectivity index (χ0v) is 14.3. The van der Waals surface area contributed by atoms with Crippen molar-refractivity contribution in [3.8, 4) is 0 Å². The fraction of sp³-hybridized carbons (Fsp3) is 0.400. The SMILES string of the molecule is O=C(CCC1CCCN(Cc2cccnc2)C1)Nc1ccccc1F. The molecule has 2 heterocycles. The highest BCUT2D eigenvalue weighted by Gasteiger charge is 2.21. The predicted octanol–water partition coefficient (Wildman–Crippen LogP) is 3.85. The molecule has 0 aliphatic carbocycles. The zero-order valence-electron chi connectivity index (χ0n) is 14.3. The Morgan fingerprint density at radius 2 is 2.16 bits per heavy atom. The highest BCUT2D eigenvalue weighted by Crippen LogP contribution is 2.23. The van der Waals surface area contributed by atoms with Gasteiger partial charge in [0.05, 0.1) is 5.69 Å². The number of amides is 1. The number of nitrogens with one attached hydrogen (secondary N) is 1. The maximum absolute atomic E-state index is 13.6. The fourth-order valence-corrected chi connectivity index (χ4v) is 3.39. The first-order valence-electron chi connectivity index (χ1n) is 8.86. The van der Waals surface area contributed by atoms with Gasteiger partial charge in [0, 0.05) is 31.9 Å². The van der Waals surface area contributed by atoms with E-state index in [4.69, 9.17) is 0 Å². The molecule has 25 heavy (non-hydrogen) atoms. The average molecular weight is 341 g/mol. The number of piperidine rings is 1. The van der Waals surface area contributed by atoms with E-state index in [1.165, 1.54) is 11.6 Å². The topological polar surface area (TPSA) is 45.2 Å². The predicted molar refractivity (Wildman–Crippen MR) is 96.5 cm³/mol. The van der Waals surface area contributed by atoms with Crippen molar-refractivity contribution in [2.24, 2.45) is 5.92 Å². The number of likely N-dealkylation sites (tertiary alicyclic amines) is 1. The van der Waals surface area contributed by atoms with Crippen molar-refractivity contribution in [2.45, 2.75) is 32.2 Å². The minimum atomic E-state index is -0.392. The molecule has 1 unspecified atom stereocenters. The van der Waals surface area contributed by atoms with Gasteiger partial charge in [0.25, 0.3) is 0 Å². The molecule has 1 atom stereocenters. The van der Waals surface area contributed by atoms with E-state index in [-0.39, 0.29) is 11.6 Å². The highest BCUT2D eigenvalue weighted by atomic mass is 19.1. The van der Waals surface area contributed by atoms with Crippen LogP contribution >= 0.6 is 0 Å². The second-order valence-electron chi connectivity index (χ2n) is 6.67. The van der Waals surface area contributed by atoms with Crippen molar-refractivity contribution in [3.63, 3.8) is 0 Å². The highest BCUT2D eigenvalue weighted by molar-refractivity contribution is 5.90. The molecule has 1 aromatic heterocycles. The molecule has 1 aliphatic rings. The Morgan fingerprint density at radius 3 is 2.96 bits per heavy atom. The number of carbonyl (C=O) groups excluding carboxylic acids is 1. The van der Waals surface area contributed by atoms with Gasteiger partial charge in [0.2, 0.25) is 5.91 Å². The summed E-state index contributed by atoms with van der Waals surface area (Å²) in [7, 11) is 0. The minimum absolute atomic E-state index is 0.116. The number of carbonyl (C=O) groups is 1. The molecule has 1 amide bonds. The Kier molecular flexibility index (Phi) is 6.12. The molecule has 132 valence electrons. The van der Waals surface area contributed by atoms with E-state index >= 15 is 0 Å². The van der Waals surface area contributed by atoms with Crippen molar-refractivity contribution < 1.29 is 9.18 Å². The lowest BCUT2D eigenvalue weighted by Crippen LogP contribution is -2.35. The number of halogens is 1. The lowest BCUT2D eigenvalue weighted by molar-refractivity contribution is -0.116. The van der Waals surface area contributed by atoms with Crippen LogP contribution in [0.5, 0.6) is 0 Å². The van der Waals surface area contributed by atoms with Gasteiger partial charge in [-0.1, -0.05) is 18.2 Å². The van der Waals surface area contributed by atoms with Crippen LogP contribution in [0.4, 0.5) is 10.1 Å². The van der Waals surface area contributed by atoms with Crippen LogP contribution < -0.4 is 5.32 Å². The molecule has 3 rings (SSSR count). The largest absolute Gasteiger partial charge is 0.324 e. The standard InChI is InChI=1S/C20H24FN3O/c21-18-7-1-2-8-19(18)23-20(25)10-9-16-6-4-12-24(14-16)15-17-5-3-11-22-13-17/h1-3,5,7-8,11,13,16H,4,6,9-10,12,14-15H2,(H,23,25). The molecular weight excluding hydrogens is 317 g/mol. The molecule has 0 spiro atoms. The normalized spacial score (nSPS) is 18.0. The molecule has 5 heteroatoms. The second kappa shape index (κ2) is 8.72. The summed E-state index contributed by atoms with van der Waals surface area (Å²) in [5.74, 6) is 0.00226.